The average molecular weight is 435 g/mol. The van der Waals surface area contributed by atoms with Crippen LogP contribution in [0.5, 0.6) is 5.75 Å². The van der Waals surface area contributed by atoms with Gasteiger partial charge in [0.15, 0.2) is 0 Å². The fraction of sp³-hybridized carbons (Fsp3) is 0.364. The number of nitrogens with zero attached hydrogens (tertiary/aromatic N) is 1. The summed E-state index contributed by atoms with van der Waals surface area (Å²) in [4.78, 5) is 26.6. The maximum atomic E-state index is 12.6. The van der Waals surface area contributed by atoms with Crippen LogP contribution in [-0.2, 0) is 4.79 Å². The van der Waals surface area contributed by atoms with E-state index in [1.54, 1.807) is 35.2 Å². The first-order valence-corrected chi connectivity index (χ1v) is 10.5. The second-order valence-corrected chi connectivity index (χ2v) is 7.81. The third-order valence-corrected chi connectivity index (χ3v) is 5.54. The van der Waals surface area contributed by atoms with Crippen molar-refractivity contribution in [3.05, 3.63) is 64.1 Å². The van der Waals surface area contributed by atoms with E-state index >= 15 is 0 Å². The number of hydrogen-bond acceptors (Lipinski definition) is 3. The van der Waals surface area contributed by atoms with E-state index in [0.29, 0.717) is 53.9 Å². The predicted octanol–water partition coefficient (Wildman–Crippen LogP) is 4.57. The number of ether oxygens (including phenoxy) is 1. The number of para-hydroxylation sites is 1. The summed E-state index contributed by atoms with van der Waals surface area (Å²) in [6.07, 6.45) is 2.47. The summed E-state index contributed by atoms with van der Waals surface area (Å²) in [6, 6.07) is 14.4. The van der Waals surface area contributed by atoms with Crippen LogP contribution in [0.25, 0.3) is 0 Å². The quantitative estimate of drug-likeness (QED) is 0.648. The summed E-state index contributed by atoms with van der Waals surface area (Å²) in [5, 5.41) is 4.08. The average Bonchev–Trinajstić information content (AvgIpc) is 2.73. The van der Waals surface area contributed by atoms with Gasteiger partial charge in [0.2, 0.25) is 5.91 Å². The van der Waals surface area contributed by atoms with Gasteiger partial charge in [-0.25, -0.2) is 0 Å². The highest BCUT2D eigenvalue weighted by Crippen LogP contribution is 2.23. The largest absolute Gasteiger partial charge is 0.492 e. The van der Waals surface area contributed by atoms with E-state index in [2.05, 4.69) is 5.32 Å². The highest BCUT2D eigenvalue weighted by atomic mass is 35.5. The predicted molar refractivity (Wildman–Crippen MR) is 115 cm³/mol. The molecular formula is C22H24Cl2N2O3. The molecule has 2 aromatic rings. The maximum absolute atomic E-state index is 12.6. The Labute approximate surface area is 180 Å². The number of carbonyl (C=O) groups is 2. The van der Waals surface area contributed by atoms with Gasteiger partial charge >= 0.3 is 0 Å². The molecule has 0 saturated carbocycles. The Hall–Kier alpha value is -2.24. The van der Waals surface area contributed by atoms with Crippen molar-refractivity contribution in [1.82, 2.24) is 10.2 Å². The van der Waals surface area contributed by atoms with Crippen molar-refractivity contribution in [2.45, 2.75) is 31.7 Å². The minimum Gasteiger partial charge on any atom is -0.492 e. The molecule has 0 spiro atoms. The molecule has 3 rings (SSSR count). The van der Waals surface area contributed by atoms with E-state index in [0.717, 1.165) is 12.8 Å². The molecule has 1 heterocycles. The number of halogens is 2. The Morgan fingerprint density at radius 3 is 2.34 bits per heavy atom. The molecule has 2 amide bonds. The van der Waals surface area contributed by atoms with Crippen molar-refractivity contribution >= 4 is 35.0 Å². The molecule has 0 unspecified atom stereocenters. The molecule has 29 heavy (non-hydrogen) atoms. The first-order chi connectivity index (χ1) is 14.0. The smallest absolute Gasteiger partial charge is 0.255 e. The monoisotopic (exact) mass is 434 g/mol. The van der Waals surface area contributed by atoms with Crippen molar-refractivity contribution in [3.63, 3.8) is 0 Å². The molecule has 0 bridgehead atoms. The number of amides is 2. The van der Waals surface area contributed by atoms with Gasteiger partial charge < -0.3 is 15.0 Å². The third-order valence-electron chi connectivity index (χ3n) is 4.89. The topological polar surface area (TPSA) is 58.6 Å². The standard InChI is InChI=1S/C22H24Cl2N2O3/c23-18-7-2-1-6-17(18)22(28)26-13-11-16(12-14-26)25-21(27)10-5-15-29-20-9-4-3-8-19(20)24/h1-4,6-9,16H,5,10-15H2,(H,25,27). The Bertz CT molecular complexity index is 851. The molecule has 0 atom stereocenters. The Kier molecular flexibility index (Phi) is 7.78. The molecule has 0 aromatic heterocycles. The number of nitrogens with one attached hydrogen (secondary N) is 1. The van der Waals surface area contributed by atoms with Crippen LogP contribution in [0.4, 0.5) is 0 Å². The van der Waals surface area contributed by atoms with E-state index in [9.17, 15) is 9.59 Å². The van der Waals surface area contributed by atoms with Crippen LogP contribution in [0, 0.1) is 0 Å². The van der Waals surface area contributed by atoms with Gasteiger partial charge in [-0.3, -0.25) is 9.59 Å². The third kappa shape index (κ3) is 6.12. The molecule has 0 radical (unpaired) electrons. The van der Waals surface area contributed by atoms with E-state index < -0.39 is 0 Å². The van der Waals surface area contributed by atoms with Gasteiger partial charge in [-0.05, 0) is 43.5 Å². The summed E-state index contributed by atoms with van der Waals surface area (Å²) in [7, 11) is 0. The molecule has 1 fully saturated rings. The minimum absolute atomic E-state index is 0.00337. The Balaban J connectivity index is 1.36. The lowest BCUT2D eigenvalue weighted by Gasteiger charge is -2.32. The van der Waals surface area contributed by atoms with Crippen molar-refractivity contribution in [3.8, 4) is 5.75 Å². The highest BCUT2D eigenvalue weighted by Gasteiger charge is 2.25. The molecule has 1 aliphatic heterocycles. The van der Waals surface area contributed by atoms with Gasteiger partial charge in [-0.1, -0.05) is 47.5 Å². The minimum atomic E-state index is -0.0582. The zero-order valence-electron chi connectivity index (χ0n) is 16.1. The van der Waals surface area contributed by atoms with Crippen LogP contribution in [0.15, 0.2) is 48.5 Å². The van der Waals surface area contributed by atoms with Crippen molar-refractivity contribution in [2.24, 2.45) is 0 Å². The van der Waals surface area contributed by atoms with Crippen molar-refractivity contribution < 1.29 is 14.3 Å². The number of benzene rings is 2. The lowest BCUT2D eigenvalue weighted by molar-refractivity contribution is -0.122. The first kappa shape index (κ1) is 21.5. The summed E-state index contributed by atoms with van der Waals surface area (Å²) in [5.74, 6) is 0.575. The van der Waals surface area contributed by atoms with Gasteiger partial charge in [0.05, 0.1) is 22.2 Å². The molecule has 7 heteroatoms. The van der Waals surface area contributed by atoms with Crippen molar-refractivity contribution in [2.75, 3.05) is 19.7 Å². The van der Waals surface area contributed by atoms with Crippen LogP contribution in [-0.4, -0.2) is 42.5 Å². The molecule has 0 aliphatic carbocycles. The SMILES string of the molecule is O=C(CCCOc1ccccc1Cl)NC1CCN(C(=O)c2ccccc2Cl)CC1. The Morgan fingerprint density at radius 2 is 1.66 bits per heavy atom. The number of hydrogen-bond donors (Lipinski definition) is 1. The molecular weight excluding hydrogens is 411 g/mol. The summed E-state index contributed by atoms with van der Waals surface area (Å²) in [6.45, 7) is 1.64. The molecule has 2 aromatic carbocycles. The number of likely N-dealkylation sites (tertiary alicyclic amines) is 1. The lowest BCUT2D eigenvalue weighted by atomic mass is 10.0. The van der Waals surface area contributed by atoms with Gasteiger partial charge in [-0.2, -0.15) is 0 Å². The molecule has 5 nitrogen and oxygen atoms in total. The Morgan fingerprint density at radius 1 is 1.00 bits per heavy atom. The van der Waals surface area contributed by atoms with Gasteiger partial charge in [0.1, 0.15) is 5.75 Å². The first-order valence-electron chi connectivity index (χ1n) is 9.75. The van der Waals surface area contributed by atoms with E-state index in [1.807, 2.05) is 18.2 Å². The normalized spacial score (nSPS) is 14.5. The lowest BCUT2D eigenvalue weighted by Crippen LogP contribution is -2.46. The van der Waals surface area contributed by atoms with Crippen LogP contribution in [0.1, 0.15) is 36.0 Å². The van der Waals surface area contributed by atoms with Crippen molar-refractivity contribution in [1.29, 1.82) is 0 Å². The van der Waals surface area contributed by atoms with Crippen LogP contribution >= 0.6 is 23.2 Å². The summed E-state index contributed by atoms with van der Waals surface area (Å²) >= 11 is 12.2. The number of rotatable bonds is 7. The fourth-order valence-corrected chi connectivity index (χ4v) is 3.72. The van der Waals surface area contributed by atoms with E-state index in [4.69, 9.17) is 27.9 Å². The van der Waals surface area contributed by atoms with Gasteiger partial charge in [-0.15, -0.1) is 0 Å². The van der Waals surface area contributed by atoms with Crippen LogP contribution in [0.2, 0.25) is 10.0 Å². The zero-order valence-corrected chi connectivity index (χ0v) is 17.6. The number of carbonyl (C=O) groups excluding carboxylic acids is 2. The summed E-state index contributed by atoms with van der Waals surface area (Å²) < 4.78 is 5.60. The molecule has 1 N–H and O–H groups in total. The van der Waals surface area contributed by atoms with E-state index in [-0.39, 0.29) is 17.9 Å². The van der Waals surface area contributed by atoms with Gasteiger partial charge in [0.25, 0.3) is 5.91 Å². The zero-order chi connectivity index (χ0) is 20.6. The summed E-state index contributed by atoms with van der Waals surface area (Å²) in [5.41, 5.74) is 0.523. The highest BCUT2D eigenvalue weighted by molar-refractivity contribution is 6.33. The molecule has 154 valence electrons. The second-order valence-electron chi connectivity index (χ2n) is 7.00. The molecule has 1 saturated heterocycles. The fourth-order valence-electron chi connectivity index (χ4n) is 3.31. The molecule has 1 aliphatic rings. The maximum Gasteiger partial charge on any atom is 0.255 e. The van der Waals surface area contributed by atoms with Crippen LogP contribution < -0.4 is 10.1 Å². The van der Waals surface area contributed by atoms with Crippen LogP contribution in [0.3, 0.4) is 0 Å². The number of piperidine rings is 1. The van der Waals surface area contributed by atoms with E-state index in [1.165, 1.54) is 0 Å². The second kappa shape index (κ2) is 10.5. The van der Waals surface area contributed by atoms with Gasteiger partial charge in [0, 0.05) is 25.6 Å².